The first-order chi connectivity index (χ1) is 7.18. The summed E-state index contributed by atoms with van der Waals surface area (Å²) in [6, 6.07) is 1.13. The highest BCUT2D eigenvalue weighted by atomic mass is 19.1. The van der Waals surface area contributed by atoms with Crippen LogP contribution in [-0.4, -0.2) is 25.8 Å². The topological polar surface area (TPSA) is 60.7 Å². The molecule has 0 N–H and O–H groups in total. The molecule has 76 valence electrons. The van der Waals surface area contributed by atoms with Crippen LogP contribution in [0.3, 0.4) is 0 Å². The Balaban J connectivity index is 2.41. The molecule has 0 aliphatic rings. The summed E-state index contributed by atoms with van der Waals surface area (Å²) < 4.78 is 14.1. The first-order valence-electron chi connectivity index (χ1n) is 4.18. The average Bonchev–Trinajstić information content (AvgIpc) is 2.63. The highest BCUT2D eigenvalue weighted by molar-refractivity contribution is 6.07. The highest BCUT2D eigenvalue weighted by Crippen LogP contribution is 2.07. The fourth-order valence-electron chi connectivity index (χ4n) is 1.18. The number of carbonyl (C=O) groups is 1. The van der Waals surface area contributed by atoms with Gasteiger partial charge in [-0.25, -0.2) is 9.07 Å². The van der Waals surface area contributed by atoms with Gasteiger partial charge >= 0.3 is 0 Å². The van der Waals surface area contributed by atoms with Crippen molar-refractivity contribution in [2.75, 3.05) is 0 Å². The maximum atomic E-state index is 12.8. The van der Waals surface area contributed by atoms with Crippen molar-refractivity contribution in [2.45, 2.75) is 0 Å². The normalized spacial score (nSPS) is 10.3. The number of hydrogen-bond acceptors (Lipinski definition) is 4. The van der Waals surface area contributed by atoms with Crippen LogP contribution in [0.1, 0.15) is 16.1 Å². The molecule has 0 saturated carbocycles. The SMILES string of the molecule is Cn1nncc1C(=O)c1cncc(F)c1. The van der Waals surface area contributed by atoms with Crippen molar-refractivity contribution < 1.29 is 9.18 Å². The zero-order valence-corrected chi connectivity index (χ0v) is 7.88. The van der Waals surface area contributed by atoms with E-state index in [4.69, 9.17) is 0 Å². The number of halogens is 1. The summed E-state index contributed by atoms with van der Waals surface area (Å²) in [5.74, 6) is -0.898. The minimum atomic E-state index is -0.545. The van der Waals surface area contributed by atoms with Crippen LogP contribution < -0.4 is 0 Å². The lowest BCUT2D eigenvalue weighted by molar-refractivity contribution is 0.102. The van der Waals surface area contributed by atoms with E-state index >= 15 is 0 Å². The van der Waals surface area contributed by atoms with Gasteiger partial charge in [0.25, 0.3) is 0 Å². The van der Waals surface area contributed by atoms with E-state index in [0.717, 1.165) is 12.3 Å². The summed E-state index contributed by atoms with van der Waals surface area (Å²) in [5, 5.41) is 7.19. The van der Waals surface area contributed by atoms with Gasteiger partial charge in [0.15, 0.2) is 0 Å². The summed E-state index contributed by atoms with van der Waals surface area (Å²) in [5.41, 5.74) is 0.475. The molecule has 0 aromatic carbocycles. The molecule has 5 nitrogen and oxygen atoms in total. The summed E-state index contributed by atoms with van der Waals surface area (Å²) in [6.45, 7) is 0. The van der Waals surface area contributed by atoms with Crippen molar-refractivity contribution in [3.8, 4) is 0 Å². The second-order valence-electron chi connectivity index (χ2n) is 2.96. The van der Waals surface area contributed by atoms with Gasteiger partial charge in [-0.1, -0.05) is 5.21 Å². The Morgan fingerprint density at radius 1 is 1.40 bits per heavy atom. The van der Waals surface area contributed by atoms with Gasteiger partial charge in [0.1, 0.15) is 11.5 Å². The molecule has 0 fully saturated rings. The van der Waals surface area contributed by atoms with E-state index in [2.05, 4.69) is 15.3 Å². The van der Waals surface area contributed by atoms with Crippen LogP contribution in [0.25, 0.3) is 0 Å². The molecular formula is C9H7FN4O. The van der Waals surface area contributed by atoms with Crippen molar-refractivity contribution in [2.24, 2.45) is 7.05 Å². The van der Waals surface area contributed by atoms with E-state index < -0.39 is 5.82 Å². The fraction of sp³-hybridized carbons (Fsp3) is 0.111. The molecule has 0 atom stereocenters. The molecule has 0 aliphatic carbocycles. The number of ketones is 1. The fourth-order valence-corrected chi connectivity index (χ4v) is 1.18. The molecular weight excluding hydrogens is 199 g/mol. The molecule has 2 aromatic heterocycles. The van der Waals surface area contributed by atoms with Crippen molar-refractivity contribution in [1.29, 1.82) is 0 Å². The number of aromatic nitrogens is 4. The van der Waals surface area contributed by atoms with E-state index in [0.29, 0.717) is 5.69 Å². The third kappa shape index (κ3) is 1.74. The highest BCUT2D eigenvalue weighted by Gasteiger charge is 2.14. The van der Waals surface area contributed by atoms with Crippen LogP contribution in [0.15, 0.2) is 24.7 Å². The van der Waals surface area contributed by atoms with Gasteiger partial charge in [-0.05, 0) is 6.07 Å². The van der Waals surface area contributed by atoms with Gasteiger partial charge in [-0.2, -0.15) is 0 Å². The van der Waals surface area contributed by atoms with E-state index in [1.807, 2.05) is 0 Å². The van der Waals surface area contributed by atoms with Crippen molar-refractivity contribution in [3.63, 3.8) is 0 Å². The van der Waals surface area contributed by atoms with Crippen molar-refractivity contribution >= 4 is 5.78 Å². The van der Waals surface area contributed by atoms with E-state index in [1.54, 1.807) is 7.05 Å². The van der Waals surface area contributed by atoms with Gasteiger partial charge in [-0.3, -0.25) is 9.78 Å². The third-order valence-corrected chi connectivity index (χ3v) is 1.91. The van der Waals surface area contributed by atoms with Gasteiger partial charge in [0, 0.05) is 18.8 Å². The third-order valence-electron chi connectivity index (χ3n) is 1.91. The van der Waals surface area contributed by atoms with Crippen molar-refractivity contribution in [1.82, 2.24) is 20.0 Å². The summed E-state index contributed by atoms with van der Waals surface area (Å²) in [6.07, 6.45) is 3.67. The predicted octanol–water partition coefficient (Wildman–Crippen LogP) is 0.580. The quantitative estimate of drug-likeness (QED) is 0.674. The molecule has 2 aromatic rings. The first-order valence-corrected chi connectivity index (χ1v) is 4.18. The monoisotopic (exact) mass is 206 g/mol. The maximum absolute atomic E-state index is 12.8. The van der Waals surface area contributed by atoms with Crippen molar-refractivity contribution in [3.05, 3.63) is 41.7 Å². The number of nitrogens with zero attached hydrogens (tertiary/aromatic N) is 4. The second-order valence-corrected chi connectivity index (χ2v) is 2.96. The molecule has 2 heterocycles. The molecule has 0 amide bonds. The lowest BCUT2D eigenvalue weighted by Crippen LogP contribution is -2.08. The standard InChI is InChI=1S/C9H7FN4O/c1-14-8(5-12-13-14)9(15)6-2-7(10)4-11-3-6/h2-5H,1H3. The van der Waals surface area contributed by atoms with Crippen LogP contribution >= 0.6 is 0 Å². The predicted molar refractivity (Wildman–Crippen MR) is 48.6 cm³/mol. The Bertz CT molecular complexity index is 508. The molecule has 2 rings (SSSR count). The summed E-state index contributed by atoms with van der Waals surface area (Å²) in [7, 11) is 1.59. The van der Waals surface area contributed by atoms with Crippen LogP contribution in [0.5, 0.6) is 0 Å². The second kappa shape index (κ2) is 3.56. The molecule has 0 aliphatic heterocycles. The zero-order chi connectivity index (χ0) is 10.8. The lowest BCUT2D eigenvalue weighted by atomic mass is 10.1. The van der Waals surface area contributed by atoms with Gasteiger partial charge in [0.2, 0.25) is 5.78 Å². The van der Waals surface area contributed by atoms with Gasteiger partial charge in [-0.15, -0.1) is 5.10 Å². The number of rotatable bonds is 2. The van der Waals surface area contributed by atoms with Crippen LogP contribution in [-0.2, 0) is 7.05 Å². The zero-order valence-electron chi connectivity index (χ0n) is 7.88. The largest absolute Gasteiger partial charge is 0.287 e. The average molecular weight is 206 g/mol. The number of pyridine rings is 1. The summed E-state index contributed by atoms with van der Waals surface area (Å²) in [4.78, 5) is 15.4. The summed E-state index contributed by atoms with van der Waals surface area (Å²) >= 11 is 0. The maximum Gasteiger partial charge on any atom is 0.214 e. The van der Waals surface area contributed by atoms with Crippen LogP contribution in [0.4, 0.5) is 4.39 Å². The Hall–Kier alpha value is -2.11. The van der Waals surface area contributed by atoms with Crippen LogP contribution in [0.2, 0.25) is 0 Å². The Kier molecular flexibility index (Phi) is 2.24. The van der Waals surface area contributed by atoms with Gasteiger partial charge < -0.3 is 0 Å². The molecule has 0 spiro atoms. The Morgan fingerprint density at radius 2 is 2.20 bits per heavy atom. The Morgan fingerprint density at radius 3 is 2.80 bits per heavy atom. The molecule has 0 bridgehead atoms. The van der Waals surface area contributed by atoms with E-state index in [1.165, 1.54) is 17.1 Å². The molecule has 0 saturated heterocycles. The molecule has 15 heavy (non-hydrogen) atoms. The number of aryl methyl sites for hydroxylation is 1. The minimum Gasteiger partial charge on any atom is -0.287 e. The Labute approximate surface area is 84.6 Å². The number of hydrogen-bond donors (Lipinski definition) is 0. The van der Waals surface area contributed by atoms with Crippen LogP contribution in [0, 0.1) is 5.82 Å². The molecule has 0 unspecified atom stereocenters. The molecule has 0 radical (unpaired) electrons. The van der Waals surface area contributed by atoms with Gasteiger partial charge in [0.05, 0.1) is 12.4 Å². The molecule has 6 heteroatoms. The number of carbonyl (C=O) groups excluding carboxylic acids is 1. The lowest BCUT2D eigenvalue weighted by Gasteiger charge is -1.99. The smallest absolute Gasteiger partial charge is 0.214 e. The van der Waals surface area contributed by atoms with E-state index in [-0.39, 0.29) is 11.3 Å². The van der Waals surface area contributed by atoms with E-state index in [9.17, 15) is 9.18 Å². The minimum absolute atomic E-state index is 0.181. The first kappa shape index (κ1) is 9.45.